The highest BCUT2D eigenvalue weighted by Gasteiger charge is 2.07. The van der Waals surface area contributed by atoms with Crippen LogP contribution in [0.1, 0.15) is 11.1 Å². The lowest BCUT2D eigenvalue weighted by Gasteiger charge is -2.01. The first-order valence-corrected chi connectivity index (χ1v) is 8.16. The minimum atomic E-state index is -3.96. The monoisotopic (exact) mass is 346 g/mol. The van der Waals surface area contributed by atoms with E-state index in [-0.39, 0.29) is 11.5 Å². The average molecular weight is 346 g/mol. The van der Waals surface area contributed by atoms with Gasteiger partial charge in [-0.3, -0.25) is 10.1 Å². The summed E-state index contributed by atoms with van der Waals surface area (Å²) in [5.74, 6) is -0.185. The molecule has 0 saturated carbocycles. The van der Waals surface area contributed by atoms with Gasteiger partial charge in [0.1, 0.15) is 5.84 Å². The zero-order chi connectivity index (χ0) is 17.7. The van der Waals surface area contributed by atoms with E-state index in [1.54, 1.807) is 18.2 Å². The molecule has 2 aromatic carbocycles. The van der Waals surface area contributed by atoms with E-state index in [4.69, 9.17) is 11.5 Å². The van der Waals surface area contributed by atoms with Gasteiger partial charge in [0.05, 0.1) is 10.3 Å². The molecule has 0 fully saturated rings. The van der Waals surface area contributed by atoms with Gasteiger partial charge in [-0.1, -0.05) is 12.1 Å². The molecule has 2 rings (SSSR count). The quantitative estimate of drug-likeness (QED) is 0.278. The molecule has 124 valence electrons. The molecule has 4 N–H and O–H groups in total. The second kappa shape index (κ2) is 6.92. The van der Waals surface area contributed by atoms with E-state index in [1.165, 1.54) is 36.4 Å². The SMILES string of the molecule is N/C(=N/S(=O)(=O)/C=C/c1ccc([N+](=O)[O-])cc1)c1cccc(N)c1. The van der Waals surface area contributed by atoms with Gasteiger partial charge in [-0.2, -0.15) is 8.42 Å². The summed E-state index contributed by atoms with van der Waals surface area (Å²) in [5, 5.41) is 11.4. The minimum absolute atomic E-state index is 0.0843. The Hall–Kier alpha value is -3.20. The third kappa shape index (κ3) is 4.65. The van der Waals surface area contributed by atoms with E-state index in [1.807, 2.05) is 0 Å². The van der Waals surface area contributed by atoms with Crippen LogP contribution in [0.4, 0.5) is 11.4 Å². The number of nitrogens with zero attached hydrogens (tertiary/aromatic N) is 2. The van der Waals surface area contributed by atoms with Gasteiger partial charge in [-0.25, -0.2) is 0 Å². The summed E-state index contributed by atoms with van der Waals surface area (Å²) in [7, 11) is -3.96. The molecule has 8 nitrogen and oxygen atoms in total. The van der Waals surface area contributed by atoms with Crippen LogP contribution in [0.5, 0.6) is 0 Å². The summed E-state index contributed by atoms with van der Waals surface area (Å²) in [6.07, 6.45) is 1.27. The van der Waals surface area contributed by atoms with Crippen LogP contribution in [0.15, 0.2) is 58.3 Å². The minimum Gasteiger partial charge on any atom is -0.399 e. The van der Waals surface area contributed by atoms with Crippen LogP contribution >= 0.6 is 0 Å². The first-order valence-electron chi connectivity index (χ1n) is 6.66. The van der Waals surface area contributed by atoms with Gasteiger partial charge in [-0.15, -0.1) is 4.40 Å². The van der Waals surface area contributed by atoms with Crippen molar-refractivity contribution < 1.29 is 13.3 Å². The zero-order valence-electron chi connectivity index (χ0n) is 12.4. The summed E-state index contributed by atoms with van der Waals surface area (Å²) in [6, 6.07) is 11.8. The molecule has 0 saturated heterocycles. The average Bonchev–Trinajstić information content (AvgIpc) is 2.53. The topological polar surface area (TPSA) is 142 Å². The van der Waals surface area contributed by atoms with Crippen molar-refractivity contribution in [3.63, 3.8) is 0 Å². The number of non-ortho nitro benzene ring substituents is 1. The molecule has 0 amide bonds. The van der Waals surface area contributed by atoms with Crippen molar-refractivity contribution in [2.24, 2.45) is 10.1 Å². The molecule has 9 heteroatoms. The molecule has 0 radical (unpaired) electrons. The fraction of sp³-hybridized carbons (Fsp3) is 0. The van der Waals surface area contributed by atoms with E-state index >= 15 is 0 Å². The van der Waals surface area contributed by atoms with Crippen LogP contribution in [0.25, 0.3) is 6.08 Å². The zero-order valence-corrected chi connectivity index (χ0v) is 13.2. The van der Waals surface area contributed by atoms with Gasteiger partial charge >= 0.3 is 0 Å². The van der Waals surface area contributed by atoms with E-state index in [2.05, 4.69) is 4.40 Å². The lowest BCUT2D eigenvalue weighted by Crippen LogP contribution is -2.15. The van der Waals surface area contributed by atoms with Crippen molar-refractivity contribution in [1.82, 2.24) is 0 Å². The Morgan fingerprint density at radius 1 is 1.17 bits per heavy atom. The molecule has 0 aliphatic rings. The maximum absolute atomic E-state index is 12.0. The van der Waals surface area contributed by atoms with Crippen molar-refractivity contribution in [2.45, 2.75) is 0 Å². The number of nitro groups is 1. The number of nitrogens with two attached hydrogens (primary N) is 2. The number of nitro benzene ring substituents is 1. The highest BCUT2D eigenvalue weighted by Crippen LogP contribution is 2.14. The Kier molecular flexibility index (Phi) is 4.95. The summed E-state index contributed by atoms with van der Waals surface area (Å²) >= 11 is 0. The maximum Gasteiger partial charge on any atom is 0.277 e. The van der Waals surface area contributed by atoms with Gasteiger partial charge < -0.3 is 11.5 Å². The van der Waals surface area contributed by atoms with Crippen LogP contribution in [0.2, 0.25) is 0 Å². The summed E-state index contributed by atoms with van der Waals surface area (Å²) < 4.78 is 27.4. The predicted molar refractivity (Wildman–Crippen MR) is 92.6 cm³/mol. The fourth-order valence-electron chi connectivity index (χ4n) is 1.79. The lowest BCUT2D eigenvalue weighted by molar-refractivity contribution is -0.384. The van der Waals surface area contributed by atoms with Gasteiger partial charge in [0.25, 0.3) is 15.7 Å². The van der Waals surface area contributed by atoms with Crippen LogP contribution in [0.3, 0.4) is 0 Å². The number of amidine groups is 1. The van der Waals surface area contributed by atoms with Crippen molar-refractivity contribution in [2.75, 3.05) is 5.73 Å². The Labute approximate surface area is 138 Å². The van der Waals surface area contributed by atoms with Gasteiger partial charge in [0.2, 0.25) is 0 Å². The molecule has 24 heavy (non-hydrogen) atoms. The molecule has 0 aromatic heterocycles. The third-order valence-corrected chi connectivity index (χ3v) is 3.88. The van der Waals surface area contributed by atoms with Crippen LogP contribution < -0.4 is 11.5 Å². The normalized spacial score (nSPS) is 12.4. The Morgan fingerprint density at radius 3 is 2.42 bits per heavy atom. The molecule has 0 spiro atoms. The van der Waals surface area contributed by atoms with Crippen molar-refractivity contribution in [1.29, 1.82) is 0 Å². The molecule has 0 unspecified atom stereocenters. The van der Waals surface area contributed by atoms with Gasteiger partial charge in [-0.05, 0) is 35.9 Å². The predicted octanol–water partition coefficient (Wildman–Crippen LogP) is 1.88. The number of anilines is 1. The molecule has 0 aliphatic carbocycles. The number of hydrogen-bond donors (Lipinski definition) is 2. The number of benzene rings is 2. The number of sulfonamides is 1. The van der Waals surface area contributed by atoms with Crippen molar-refractivity contribution in [3.8, 4) is 0 Å². The summed E-state index contributed by atoms with van der Waals surface area (Å²) in [5.41, 5.74) is 12.5. The first-order chi connectivity index (χ1) is 11.3. The van der Waals surface area contributed by atoms with Crippen molar-refractivity contribution >= 4 is 33.3 Å². The molecule has 0 atom stereocenters. The van der Waals surface area contributed by atoms with E-state index < -0.39 is 14.9 Å². The molecular weight excluding hydrogens is 332 g/mol. The van der Waals surface area contributed by atoms with Crippen LogP contribution in [-0.4, -0.2) is 19.2 Å². The Balaban J connectivity index is 2.21. The standard InChI is InChI=1S/C15H14N4O4S/c16-13-3-1-2-12(10-13)15(17)18-24(22,23)9-8-11-4-6-14(7-5-11)19(20)21/h1-10H,16H2,(H2,17,18)/b9-8+. The van der Waals surface area contributed by atoms with Crippen molar-refractivity contribution in [3.05, 3.63) is 75.2 Å². The highest BCUT2D eigenvalue weighted by atomic mass is 32.2. The summed E-state index contributed by atoms with van der Waals surface area (Å²) in [6.45, 7) is 0. The number of nitrogen functional groups attached to an aromatic ring is 1. The Morgan fingerprint density at radius 2 is 1.83 bits per heavy atom. The fourth-order valence-corrected chi connectivity index (χ4v) is 2.56. The smallest absolute Gasteiger partial charge is 0.277 e. The van der Waals surface area contributed by atoms with Crippen LogP contribution in [-0.2, 0) is 10.0 Å². The van der Waals surface area contributed by atoms with Crippen LogP contribution in [0, 0.1) is 10.1 Å². The number of hydrogen-bond acceptors (Lipinski definition) is 5. The molecule has 2 aromatic rings. The Bertz CT molecular complexity index is 919. The summed E-state index contributed by atoms with van der Waals surface area (Å²) in [4.78, 5) is 10.0. The second-order valence-corrected chi connectivity index (χ2v) is 6.25. The molecule has 0 bridgehead atoms. The molecular formula is C15H14N4O4S. The molecule has 0 heterocycles. The molecule has 0 aliphatic heterocycles. The maximum atomic E-state index is 12.0. The van der Waals surface area contributed by atoms with E-state index in [0.717, 1.165) is 5.41 Å². The lowest BCUT2D eigenvalue weighted by atomic mass is 10.2. The second-order valence-electron chi connectivity index (χ2n) is 4.77. The van der Waals surface area contributed by atoms with Gasteiger partial charge in [0.15, 0.2) is 0 Å². The van der Waals surface area contributed by atoms with Gasteiger partial charge in [0, 0.05) is 23.4 Å². The van der Waals surface area contributed by atoms with E-state index in [9.17, 15) is 18.5 Å². The third-order valence-electron chi connectivity index (χ3n) is 2.94. The number of rotatable bonds is 5. The highest BCUT2D eigenvalue weighted by molar-refractivity contribution is 7.93. The first kappa shape index (κ1) is 17.2. The largest absolute Gasteiger partial charge is 0.399 e. The van der Waals surface area contributed by atoms with E-state index in [0.29, 0.717) is 16.8 Å².